The van der Waals surface area contributed by atoms with Gasteiger partial charge in [-0.05, 0) is 35.6 Å². The van der Waals surface area contributed by atoms with Crippen LogP contribution in [0.3, 0.4) is 0 Å². The van der Waals surface area contributed by atoms with Crippen molar-refractivity contribution in [3.63, 3.8) is 0 Å². The van der Waals surface area contributed by atoms with Gasteiger partial charge in [-0.3, -0.25) is 9.69 Å². The first kappa shape index (κ1) is 19.0. The van der Waals surface area contributed by atoms with Gasteiger partial charge in [0.25, 0.3) is 0 Å². The fraction of sp³-hybridized carbons (Fsp3) is 0.200. The van der Waals surface area contributed by atoms with Crippen LogP contribution in [-0.4, -0.2) is 20.9 Å². The smallest absolute Gasteiger partial charge is 0.230 e. The monoisotopic (exact) mass is 426 g/mol. The van der Waals surface area contributed by atoms with Crippen LogP contribution in [0, 0.1) is 0 Å². The normalized spacial score (nSPS) is 11.1. The van der Waals surface area contributed by atoms with Gasteiger partial charge in [0.15, 0.2) is 5.13 Å². The minimum absolute atomic E-state index is 0.0476. The summed E-state index contributed by atoms with van der Waals surface area (Å²) in [5, 5.41) is 6.76. The second-order valence-electron chi connectivity index (χ2n) is 6.10. The maximum absolute atomic E-state index is 12.3. The average Bonchev–Trinajstić information content (AvgIpc) is 3.36. The number of thiophene rings is 1. The van der Waals surface area contributed by atoms with E-state index in [4.69, 9.17) is 4.98 Å². The van der Waals surface area contributed by atoms with Crippen LogP contribution in [0.15, 0.2) is 52.4 Å². The van der Waals surface area contributed by atoms with Crippen LogP contribution in [0.1, 0.15) is 25.1 Å². The van der Waals surface area contributed by atoms with Crippen LogP contribution < -0.4 is 4.90 Å². The third-order valence-corrected chi connectivity index (χ3v) is 6.96. The summed E-state index contributed by atoms with van der Waals surface area (Å²) in [6.07, 6.45) is 2.57. The molecule has 1 aromatic carbocycles. The zero-order valence-corrected chi connectivity index (χ0v) is 17.9. The van der Waals surface area contributed by atoms with Crippen LogP contribution in [-0.2, 0) is 17.0 Å². The number of carbonyl (C=O) groups is 1. The summed E-state index contributed by atoms with van der Waals surface area (Å²) >= 11 is 4.73. The number of thioether (sulfide) groups is 1. The SMILES string of the molecule is CCc1ccc(N(C(C)=O)c2nc(CSc3ncnc4sccc34)cs2)cc1. The molecule has 0 atom stereocenters. The van der Waals surface area contributed by atoms with Crippen LogP contribution in [0.5, 0.6) is 0 Å². The summed E-state index contributed by atoms with van der Waals surface area (Å²) in [6.45, 7) is 3.68. The van der Waals surface area contributed by atoms with Gasteiger partial charge < -0.3 is 0 Å². The van der Waals surface area contributed by atoms with Crippen molar-refractivity contribution in [2.45, 2.75) is 31.0 Å². The molecule has 3 heterocycles. The number of aryl methyl sites for hydroxylation is 1. The highest BCUT2D eigenvalue weighted by Gasteiger charge is 2.18. The summed E-state index contributed by atoms with van der Waals surface area (Å²) in [6, 6.07) is 10.1. The van der Waals surface area contributed by atoms with E-state index in [1.165, 1.54) is 16.9 Å². The molecule has 1 amide bonds. The van der Waals surface area contributed by atoms with Gasteiger partial charge in [0.1, 0.15) is 16.2 Å². The van der Waals surface area contributed by atoms with Crippen molar-refractivity contribution in [2.24, 2.45) is 0 Å². The quantitative estimate of drug-likeness (QED) is 0.293. The van der Waals surface area contributed by atoms with Crippen molar-refractivity contribution in [2.75, 3.05) is 4.90 Å². The maximum atomic E-state index is 12.3. The van der Waals surface area contributed by atoms with E-state index in [1.807, 2.05) is 29.0 Å². The van der Waals surface area contributed by atoms with Gasteiger partial charge in [-0.1, -0.05) is 30.8 Å². The highest BCUT2D eigenvalue weighted by molar-refractivity contribution is 7.98. The minimum Gasteiger partial charge on any atom is -0.274 e. The first-order valence-electron chi connectivity index (χ1n) is 8.80. The second kappa shape index (κ2) is 8.38. The summed E-state index contributed by atoms with van der Waals surface area (Å²) in [5.41, 5.74) is 3.02. The molecule has 0 saturated carbocycles. The number of carbonyl (C=O) groups excluding carboxylic acids is 1. The van der Waals surface area contributed by atoms with Gasteiger partial charge in [0.05, 0.1) is 11.4 Å². The molecule has 0 unspecified atom stereocenters. The molecule has 4 aromatic rings. The van der Waals surface area contributed by atoms with E-state index < -0.39 is 0 Å². The van der Waals surface area contributed by atoms with Gasteiger partial charge in [-0.2, -0.15) is 0 Å². The zero-order valence-electron chi connectivity index (χ0n) is 15.5. The van der Waals surface area contributed by atoms with Gasteiger partial charge in [-0.25, -0.2) is 15.0 Å². The molecule has 0 radical (unpaired) electrons. The van der Waals surface area contributed by atoms with E-state index in [2.05, 4.69) is 29.0 Å². The van der Waals surface area contributed by atoms with E-state index in [1.54, 1.807) is 41.2 Å². The van der Waals surface area contributed by atoms with E-state index in [9.17, 15) is 4.79 Å². The van der Waals surface area contributed by atoms with Crippen LogP contribution in [0.2, 0.25) is 0 Å². The molecule has 3 aromatic heterocycles. The Balaban J connectivity index is 1.53. The number of hydrogen-bond acceptors (Lipinski definition) is 7. The van der Waals surface area contributed by atoms with E-state index >= 15 is 0 Å². The van der Waals surface area contributed by atoms with Gasteiger partial charge in [0, 0.05) is 23.4 Å². The molecule has 0 N–H and O–H groups in total. The summed E-state index contributed by atoms with van der Waals surface area (Å²) < 4.78 is 0. The third-order valence-electron chi connectivity index (χ3n) is 4.23. The summed E-state index contributed by atoms with van der Waals surface area (Å²) in [7, 11) is 0. The number of anilines is 2. The minimum atomic E-state index is -0.0476. The summed E-state index contributed by atoms with van der Waals surface area (Å²) in [4.78, 5) is 28.3. The number of thiazole rings is 1. The molecule has 0 saturated heterocycles. The topological polar surface area (TPSA) is 59.0 Å². The molecule has 0 spiro atoms. The standard InChI is InChI=1S/C20H18N4OS3/c1-3-14-4-6-16(7-5-14)24(13(2)25)20-23-15(11-28-20)10-27-19-17-8-9-26-18(17)21-12-22-19/h4-9,11-12H,3,10H2,1-2H3. The fourth-order valence-corrected chi connectivity index (χ4v) is 5.46. The van der Waals surface area contributed by atoms with Gasteiger partial charge in [0.2, 0.25) is 5.91 Å². The number of amides is 1. The van der Waals surface area contributed by atoms with Crippen LogP contribution in [0.4, 0.5) is 10.8 Å². The molecular weight excluding hydrogens is 408 g/mol. The molecular formula is C20H18N4OS3. The Morgan fingerprint density at radius 3 is 2.71 bits per heavy atom. The lowest BCUT2D eigenvalue weighted by Crippen LogP contribution is -2.22. The second-order valence-corrected chi connectivity index (χ2v) is 8.80. The van der Waals surface area contributed by atoms with Gasteiger partial charge in [-0.15, -0.1) is 22.7 Å². The van der Waals surface area contributed by atoms with Gasteiger partial charge >= 0.3 is 0 Å². The van der Waals surface area contributed by atoms with Crippen molar-refractivity contribution in [1.82, 2.24) is 15.0 Å². The molecule has 0 fully saturated rings. The Hall–Kier alpha value is -2.29. The number of rotatable bonds is 6. The fourth-order valence-electron chi connectivity index (χ4n) is 2.80. The molecule has 0 bridgehead atoms. The molecule has 0 aliphatic carbocycles. The van der Waals surface area contributed by atoms with Crippen LogP contribution >= 0.6 is 34.4 Å². The van der Waals surface area contributed by atoms with Crippen LogP contribution in [0.25, 0.3) is 10.2 Å². The van der Waals surface area contributed by atoms with Crippen molar-refractivity contribution in [3.8, 4) is 0 Å². The molecule has 5 nitrogen and oxygen atoms in total. The van der Waals surface area contributed by atoms with E-state index in [-0.39, 0.29) is 5.91 Å². The highest BCUT2D eigenvalue weighted by atomic mass is 32.2. The zero-order chi connectivity index (χ0) is 19.5. The van der Waals surface area contributed by atoms with Crippen molar-refractivity contribution < 1.29 is 4.79 Å². The lowest BCUT2D eigenvalue weighted by atomic mass is 10.1. The Kier molecular flexibility index (Phi) is 5.70. The van der Waals surface area contributed by atoms with E-state index in [0.717, 1.165) is 33.0 Å². The number of fused-ring (bicyclic) bond motifs is 1. The molecule has 8 heteroatoms. The highest BCUT2D eigenvalue weighted by Crippen LogP contribution is 2.33. The Morgan fingerprint density at radius 1 is 1.14 bits per heavy atom. The third kappa shape index (κ3) is 3.94. The molecule has 0 aliphatic rings. The number of aromatic nitrogens is 3. The Bertz CT molecular complexity index is 1100. The number of benzene rings is 1. The maximum Gasteiger partial charge on any atom is 0.230 e. The molecule has 4 rings (SSSR count). The summed E-state index contributed by atoms with van der Waals surface area (Å²) in [5.74, 6) is 0.646. The van der Waals surface area contributed by atoms with Crippen molar-refractivity contribution >= 4 is 61.4 Å². The predicted molar refractivity (Wildman–Crippen MR) is 118 cm³/mol. The first-order chi connectivity index (χ1) is 13.7. The Labute approximate surface area is 175 Å². The number of nitrogens with zero attached hydrogens (tertiary/aromatic N) is 4. The van der Waals surface area contributed by atoms with E-state index in [0.29, 0.717) is 10.9 Å². The molecule has 142 valence electrons. The molecule has 28 heavy (non-hydrogen) atoms. The average molecular weight is 427 g/mol. The van der Waals surface area contributed by atoms with Crippen molar-refractivity contribution in [3.05, 3.63) is 58.7 Å². The largest absolute Gasteiger partial charge is 0.274 e. The first-order valence-corrected chi connectivity index (χ1v) is 11.5. The Morgan fingerprint density at radius 2 is 1.96 bits per heavy atom. The lowest BCUT2D eigenvalue weighted by Gasteiger charge is -2.18. The predicted octanol–water partition coefficient (Wildman–Crippen LogP) is 5.69. The lowest BCUT2D eigenvalue weighted by molar-refractivity contribution is -0.115. The number of hydrogen-bond donors (Lipinski definition) is 0. The van der Waals surface area contributed by atoms with Crippen molar-refractivity contribution in [1.29, 1.82) is 0 Å². The molecule has 0 aliphatic heterocycles.